The molecule has 0 radical (unpaired) electrons. The third-order valence-electron chi connectivity index (χ3n) is 4.64. The third-order valence-corrected chi connectivity index (χ3v) is 10.8. The highest BCUT2D eigenvalue weighted by molar-refractivity contribution is 14.1. The molecule has 150 valence electrons. The van der Waals surface area contributed by atoms with Gasteiger partial charge >= 0.3 is 0 Å². The van der Waals surface area contributed by atoms with E-state index in [1.54, 1.807) is 45.3 Å². The van der Waals surface area contributed by atoms with Gasteiger partial charge in [0.05, 0.1) is 28.0 Å². The van der Waals surface area contributed by atoms with E-state index in [2.05, 4.69) is 49.0 Å². The maximum Gasteiger partial charge on any atom is 0.224 e. The molecule has 0 atom stereocenters. The standard InChI is InChI=1S/C22H16IN3S4/c1-12-7-9-27-19(12)21-15(11-24)18(26-3)22(30-21)20-13(2)10-17(29-20)16-5-4-14(28-16)6-8-23-25/h4-5,7,9-10,25H,6,8H2,1-2H3. The molecule has 0 aliphatic carbocycles. The molecule has 30 heavy (non-hydrogen) atoms. The molecule has 0 saturated heterocycles. The van der Waals surface area contributed by atoms with Gasteiger partial charge in [-0.05, 0) is 82.1 Å². The number of nitrogens with one attached hydrogen (secondary N) is 1. The maximum atomic E-state index is 9.82. The Bertz CT molecular complexity index is 1320. The van der Waals surface area contributed by atoms with Crippen molar-refractivity contribution in [2.24, 2.45) is 0 Å². The lowest BCUT2D eigenvalue weighted by Gasteiger charge is -1.96. The minimum Gasteiger partial charge on any atom is -0.278 e. The molecule has 0 bridgehead atoms. The first kappa shape index (κ1) is 21.5. The predicted octanol–water partition coefficient (Wildman–Crippen LogP) is 9.25. The predicted molar refractivity (Wildman–Crippen MR) is 140 cm³/mol. The van der Waals surface area contributed by atoms with E-state index in [-0.39, 0.29) is 0 Å². The van der Waals surface area contributed by atoms with Gasteiger partial charge in [-0.1, -0.05) is 0 Å². The summed E-state index contributed by atoms with van der Waals surface area (Å²) < 4.78 is 8.46. The monoisotopic (exact) mass is 577 g/mol. The highest BCUT2D eigenvalue weighted by atomic mass is 127. The number of thiophene rings is 4. The van der Waals surface area contributed by atoms with Crippen LogP contribution in [0.5, 0.6) is 0 Å². The largest absolute Gasteiger partial charge is 0.278 e. The molecule has 8 heteroatoms. The second-order valence-corrected chi connectivity index (χ2v) is 12.6. The van der Waals surface area contributed by atoms with Crippen molar-refractivity contribution in [2.75, 3.05) is 4.43 Å². The fourth-order valence-electron chi connectivity index (χ4n) is 3.17. The van der Waals surface area contributed by atoms with Crippen LogP contribution in [0.25, 0.3) is 34.1 Å². The SMILES string of the molecule is [C-]#[N+]c1c(-c2sc(-c3ccc(CCI=N)s3)cc2C)sc(-c2sccc2C)c1C#N. The quantitative estimate of drug-likeness (QED) is 0.139. The number of nitriles is 1. The first-order valence-corrected chi connectivity index (χ1v) is 14.9. The smallest absolute Gasteiger partial charge is 0.224 e. The Morgan fingerprint density at radius 2 is 1.87 bits per heavy atom. The van der Waals surface area contributed by atoms with Crippen LogP contribution in [0.15, 0.2) is 29.6 Å². The van der Waals surface area contributed by atoms with E-state index in [0.717, 1.165) is 41.5 Å². The minimum atomic E-state index is -0.416. The van der Waals surface area contributed by atoms with Crippen molar-refractivity contribution in [3.63, 3.8) is 0 Å². The van der Waals surface area contributed by atoms with Gasteiger partial charge in [-0.25, -0.2) is 4.85 Å². The van der Waals surface area contributed by atoms with Gasteiger partial charge in [0.2, 0.25) is 5.69 Å². The van der Waals surface area contributed by atoms with Crippen LogP contribution in [0.3, 0.4) is 0 Å². The Labute approximate surface area is 202 Å². The van der Waals surface area contributed by atoms with Crippen LogP contribution >= 0.6 is 66.4 Å². The lowest BCUT2D eigenvalue weighted by Crippen LogP contribution is -1.77. The highest BCUT2D eigenvalue weighted by Crippen LogP contribution is 2.52. The number of hydrogen-bond acceptors (Lipinski definition) is 6. The summed E-state index contributed by atoms with van der Waals surface area (Å²) in [5.41, 5.74) is 3.27. The molecule has 0 unspecified atom stereocenters. The Balaban J connectivity index is 1.80. The second kappa shape index (κ2) is 9.21. The van der Waals surface area contributed by atoms with Crippen molar-refractivity contribution < 1.29 is 0 Å². The average Bonchev–Trinajstić information content (AvgIpc) is 3.51. The molecule has 0 amide bonds. The summed E-state index contributed by atoms with van der Waals surface area (Å²) in [5.74, 6) is 0. The zero-order chi connectivity index (χ0) is 21.3. The minimum absolute atomic E-state index is 0.416. The maximum absolute atomic E-state index is 9.82. The van der Waals surface area contributed by atoms with Gasteiger partial charge in [0.25, 0.3) is 0 Å². The number of nitrogens with zero attached hydrogens (tertiary/aromatic N) is 2. The zero-order valence-corrected chi connectivity index (χ0v) is 21.6. The van der Waals surface area contributed by atoms with Crippen molar-refractivity contribution >= 4 is 72.1 Å². The van der Waals surface area contributed by atoms with Gasteiger partial charge in [-0.2, -0.15) is 5.26 Å². The molecule has 3 nitrogen and oxygen atoms in total. The van der Waals surface area contributed by atoms with Gasteiger partial charge in [0, 0.05) is 28.8 Å². The molecular formula is C22H16IN3S4. The molecule has 0 fully saturated rings. The lowest BCUT2D eigenvalue weighted by atomic mass is 10.1. The van der Waals surface area contributed by atoms with E-state index >= 15 is 0 Å². The molecule has 4 heterocycles. The number of rotatable bonds is 6. The molecule has 0 spiro atoms. The van der Waals surface area contributed by atoms with Crippen LogP contribution in [-0.2, 0) is 6.42 Å². The molecule has 0 aliphatic rings. The summed E-state index contributed by atoms with van der Waals surface area (Å²) in [5, 5.41) is 11.9. The average molecular weight is 578 g/mol. The highest BCUT2D eigenvalue weighted by Gasteiger charge is 2.24. The normalized spacial score (nSPS) is 10.8. The van der Waals surface area contributed by atoms with Crippen molar-refractivity contribution in [3.8, 4) is 35.3 Å². The van der Waals surface area contributed by atoms with Crippen molar-refractivity contribution in [1.82, 2.24) is 0 Å². The van der Waals surface area contributed by atoms with E-state index < -0.39 is 21.0 Å². The fourth-order valence-corrected chi connectivity index (χ4v) is 9.18. The van der Waals surface area contributed by atoms with Crippen LogP contribution in [0.4, 0.5) is 5.69 Å². The van der Waals surface area contributed by atoms with Gasteiger partial charge in [-0.15, -0.1) is 45.3 Å². The molecule has 0 aromatic carbocycles. The van der Waals surface area contributed by atoms with Gasteiger partial charge in [0.15, 0.2) is 0 Å². The zero-order valence-electron chi connectivity index (χ0n) is 16.2. The van der Waals surface area contributed by atoms with Crippen LogP contribution in [-0.4, -0.2) is 4.43 Å². The molecule has 0 saturated carbocycles. The van der Waals surface area contributed by atoms with Crippen LogP contribution in [0.1, 0.15) is 21.6 Å². The molecule has 0 aliphatic heterocycles. The van der Waals surface area contributed by atoms with Crippen molar-refractivity contribution in [3.05, 3.63) is 62.6 Å². The first-order valence-electron chi connectivity index (χ1n) is 9.01. The van der Waals surface area contributed by atoms with Crippen LogP contribution < -0.4 is 0 Å². The topological polar surface area (TPSA) is 52.0 Å². The molecule has 1 N–H and O–H groups in total. The van der Waals surface area contributed by atoms with Gasteiger partial charge in [-0.3, -0.25) is 3.56 Å². The summed E-state index contributed by atoms with van der Waals surface area (Å²) in [4.78, 5) is 11.6. The van der Waals surface area contributed by atoms with Gasteiger partial charge < -0.3 is 0 Å². The number of aryl methyl sites for hydroxylation is 3. The van der Waals surface area contributed by atoms with Crippen LogP contribution in [0, 0.1) is 35.3 Å². The molecule has 4 aromatic rings. The Kier molecular flexibility index (Phi) is 6.61. The van der Waals surface area contributed by atoms with Crippen molar-refractivity contribution in [1.29, 1.82) is 8.82 Å². The van der Waals surface area contributed by atoms with E-state index in [1.807, 2.05) is 5.38 Å². The van der Waals surface area contributed by atoms with Crippen molar-refractivity contribution in [2.45, 2.75) is 20.3 Å². The lowest BCUT2D eigenvalue weighted by molar-refractivity contribution is 1.23. The molecule has 4 rings (SSSR count). The summed E-state index contributed by atoms with van der Waals surface area (Å²) in [6.07, 6.45) is 1.00. The summed E-state index contributed by atoms with van der Waals surface area (Å²) in [7, 11) is 0. The van der Waals surface area contributed by atoms with Crippen LogP contribution in [0.2, 0.25) is 0 Å². The Morgan fingerprint density at radius 3 is 2.53 bits per heavy atom. The van der Waals surface area contributed by atoms with Gasteiger partial charge in [0.1, 0.15) is 0 Å². The van der Waals surface area contributed by atoms with E-state index in [1.165, 1.54) is 14.6 Å². The molecular weight excluding hydrogens is 561 g/mol. The second-order valence-electron chi connectivity index (χ2n) is 6.60. The first-order chi connectivity index (χ1) is 14.6. The summed E-state index contributed by atoms with van der Waals surface area (Å²) >= 11 is 6.29. The summed E-state index contributed by atoms with van der Waals surface area (Å²) in [6.45, 7) is 11.9. The molecule has 4 aromatic heterocycles. The van der Waals surface area contributed by atoms with E-state index in [9.17, 15) is 5.26 Å². The Morgan fingerprint density at radius 1 is 1.03 bits per heavy atom. The van der Waals surface area contributed by atoms with E-state index in [0.29, 0.717) is 11.3 Å². The van der Waals surface area contributed by atoms with E-state index in [4.69, 9.17) is 10.1 Å². The number of alkyl halides is 1. The summed E-state index contributed by atoms with van der Waals surface area (Å²) in [6, 6.07) is 10.9. The third kappa shape index (κ3) is 3.95. The number of halogens is 1. The fraction of sp³-hybridized carbons (Fsp3) is 0.182. The Hall–Kier alpha value is -1.69. The number of hydrogen-bond donors (Lipinski definition) is 1.